The van der Waals surface area contributed by atoms with Crippen molar-refractivity contribution in [3.63, 3.8) is 0 Å². The van der Waals surface area contributed by atoms with Crippen LogP contribution in [0.5, 0.6) is 0 Å². The highest BCUT2D eigenvalue weighted by Crippen LogP contribution is 2.36. The number of rotatable bonds is 6. The Kier molecular flexibility index (Phi) is 9.48. The first-order valence-corrected chi connectivity index (χ1v) is 9.28. The van der Waals surface area contributed by atoms with Crippen LogP contribution < -0.4 is 5.73 Å². The van der Waals surface area contributed by atoms with Crippen LogP contribution in [-0.2, 0) is 30.0 Å². The van der Waals surface area contributed by atoms with E-state index in [1.807, 2.05) is 0 Å². The number of carbonyl (C=O) groups excluding carboxylic acids is 1. The van der Waals surface area contributed by atoms with E-state index in [-0.39, 0.29) is 53.9 Å². The van der Waals surface area contributed by atoms with Crippen molar-refractivity contribution in [2.45, 2.75) is 37.7 Å². The fourth-order valence-electron chi connectivity index (χ4n) is 2.80. The molecule has 11 heteroatoms. The molecule has 0 saturated heterocycles. The summed E-state index contributed by atoms with van der Waals surface area (Å²) in [6.45, 7) is 0. The van der Waals surface area contributed by atoms with Crippen LogP contribution in [0.15, 0.2) is 42.0 Å². The lowest BCUT2D eigenvalue weighted by Crippen LogP contribution is -2.26. The average molecular weight is 507 g/mol. The number of halogens is 9. The number of nitrogens with two attached hydrogens (primary N) is 1. The van der Waals surface area contributed by atoms with Crippen LogP contribution in [0.2, 0.25) is 10.0 Å². The van der Waals surface area contributed by atoms with Crippen molar-refractivity contribution in [2.24, 2.45) is 5.73 Å². The van der Waals surface area contributed by atoms with E-state index in [9.17, 15) is 31.1 Å². The summed E-state index contributed by atoms with van der Waals surface area (Å²) in [4.78, 5) is 11.3. The third-order valence-electron chi connectivity index (χ3n) is 4.35. The Balaban J connectivity index is 0.00000480. The first kappa shape index (κ1) is 27.3. The Morgan fingerprint density at radius 2 is 1.45 bits per heavy atom. The molecule has 2 rings (SSSR count). The van der Waals surface area contributed by atoms with Crippen molar-refractivity contribution in [1.29, 1.82) is 0 Å². The van der Waals surface area contributed by atoms with E-state index < -0.39 is 29.5 Å². The molecular formula is C20H16Cl3F6NO. The molecular weight excluding hydrogens is 491 g/mol. The molecule has 0 heterocycles. The first-order chi connectivity index (χ1) is 13.8. The van der Waals surface area contributed by atoms with Crippen LogP contribution in [0.1, 0.15) is 28.7 Å². The second kappa shape index (κ2) is 10.7. The monoisotopic (exact) mass is 505 g/mol. The van der Waals surface area contributed by atoms with Gasteiger partial charge in [0.15, 0.2) is 0 Å². The Hall–Kier alpha value is -1.70. The highest BCUT2D eigenvalue weighted by Gasteiger charge is 2.36. The van der Waals surface area contributed by atoms with E-state index in [0.29, 0.717) is 22.7 Å². The number of alkyl halides is 6. The number of aryl methyl sites for hydroxylation is 1. The van der Waals surface area contributed by atoms with Gasteiger partial charge in [-0.25, -0.2) is 4.79 Å². The molecule has 0 fully saturated rings. The second-order valence-corrected chi connectivity index (χ2v) is 7.41. The molecule has 0 aromatic heterocycles. The largest absolute Gasteiger partial charge is 0.416 e. The van der Waals surface area contributed by atoms with Gasteiger partial charge in [-0.3, -0.25) is 0 Å². The standard InChI is InChI=1S/C20H15Cl2F6NO.ClH/c21-16-4-2-12(7-17(16)22)8-18(29)13(10-30)3-1-11-5-14(19(23,24)25)9-15(6-11)20(26,27)28;/h2,4-7,9,18H,1,3,8,29H2;1H. The molecule has 0 saturated carbocycles. The highest BCUT2D eigenvalue weighted by atomic mass is 35.5. The van der Waals surface area contributed by atoms with Gasteiger partial charge in [0.25, 0.3) is 0 Å². The molecule has 1 atom stereocenters. The molecule has 2 N–H and O–H groups in total. The van der Waals surface area contributed by atoms with Gasteiger partial charge in [0, 0.05) is 11.6 Å². The van der Waals surface area contributed by atoms with Gasteiger partial charge in [-0.15, -0.1) is 12.4 Å². The van der Waals surface area contributed by atoms with E-state index in [4.69, 9.17) is 28.9 Å². The van der Waals surface area contributed by atoms with Crippen LogP contribution in [0.3, 0.4) is 0 Å². The van der Waals surface area contributed by atoms with Gasteiger partial charge in [-0.1, -0.05) is 29.3 Å². The van der Waals surface area contributed by atoms with E-state index in [2.05, 4.69) is 0 Å². The third kappa shape index (κ3) is 7.74. The number of hydrogen-bond acceptors (Lipinski definition) is 2. The molecule has 0 aliphatic carbocycles. The molecule has 0 aliphatic rings. The summed E-state index contributed by atoms with van der Waals surface area (Å²) < 4.78 is 77.7. The SMILES string of the molecule is Cl.NC(Cc1ccc(Cl)c(Cl)c1)C(=C=O)CCc1cc(C(F)(F)F)cc(C(F)(F)F)c1. The second-order valence-electron chi connectivity index (χ2n) is 6.60. The van der Waals surface area contributed by atoms with Gasteiger partial charge >= 0.3 is 12.4 Å². The fourth-order valence-corrected chi connectivity index (χ4v) is 3.12. The minimum atomic E-state index is -4.94. The zero-order chi connectivity index (χ0) is 22.7. The molecule has 0 radical (unpaired) electrons. The molecule has 2 aromatic rings. The third-order valence-corrected chi connectivity index (χ3v) is 5.09. The van der Waals surface area contributed by atoms with Crippen molar-refractivity contribution in [1.82, 2.24) is 0 Å². The lowest BCUT2D eigenvalue weighted by molar-refractivity contribution is -0.143. The summed E-state index contributed by atoms with van der Waals surface area (Å²) in [6.07, 6.45) is -10.1. The molecule has 31 heavy (non-hydrogen) atoms. The first-order valence-electron chi connectivity index (χ1n) is 8.53. The maximum atomic E-state index is 13.0. The Bertz CT molecular complexity index is 936. The summed E-state index contributed by atoms with van der Waals surface area (Å²) in [5.41, 5.74) is 3.62. The summed E-state index contributed by atoms with van der Waals surface area (Å²) >= 11 is 11.7. The summed E-state index contributed by atoms with van der Waals surface area (Å²) in [6, 6.07) is 5.19. The minimum absolute atomic E-state index is 0. The zero-order valence-electron chi connectivity index (χ0n) is 15.6. The predicted octanol–water partition coefficient (Wildman–Crippen LogP) is 6.71. The van der Waals surface area contributed by atoms with E-state index >= 15 is 0 Å². The van der Waals surface area contributed by atoms with E-state index in [1.54, 1.807) is 18.1 Å². The number of benzene rings is 2. The summed E-state index contributed by atoms with van der Waals surface area (Å²) in [7, 11) is 0. The number of hydrogen-bond donors (Lipinski definition) is 1. The van der Waals surface area contributed by atoms with E-state index in [1.165, 1.54) is 6.07 Å². The Labute approximate surface area is 190 Å². The molecule has 0 bridgehead atoms. The van der Waals surface area contributed by atoms with Crippen molar-refractivity contribution < 1.29 is 31.1 Å². The smallest absolute Gasteiger partial charge is 0.323 e. The quantitative estimate of drug-likeness (QED) is 0.349. The van der Waals surface area contributed by atoms with Crippen molar-refractivity contribution >= 4 is 41.6 Å². The fraction of sp³-hybridized carbons (Fsp3) is 0.300. The van der Waals surface area contributed by atoms with Crippen molar-refractivity contribution in [3.8, 4) is 0 Å². The molecule has 1 unspecified atom stereocenters. The molecule has 2 nitrogen and oxygen atoms in total. The maximum absolute atomic E-state index is 13.0. The van der Waals surface area contributed by atoms with Crippen LogP contribution in [-0.4, -0.2) is 12.0 Å². The van der Waals surface area contributed by atoms with Gasteiger partial charge in [0.2, 0.25) is 0 Å². The van der Waals surface area contributed by atoms with Gasteiger partial charge in [-0.2, -0.15) is 26.3 Å². The molecule has 2 aromatic carbocycles. The molecule has 170 valence electrons. The lowest BCUT2D eigenvalue weighted by atomic mass is 9.94. The normalized spacial score (nSPS) is 12.7. The van der Waals surface area contributed by atoms with Crippen LogP contribution in [0.25, 0.3) is 0 Å². The van der Waals surface area contributed by atoms with Gasteiger partial charge in [-0.05, 0) is 60.7 Å². The minimum Gasteiger partial charge on any atom is -0.323 e. The van der Waals surface area contributed by atoms with Crippen LogP contribution in [0, 0.1) is 0 Å². The summed E-state index contributed by atoms with van der Waals surface area (Å²) in [5.74, 6) is 1.65. The summed E-state index contributed by atoms with van der Waals surface area (Å²) in [5, 5.41) is 0.604. The van der Waals surface area contributed by atoms with Gasteiger partial charge in [0.1, 0.15) is 5.94 Å². The van der Waals surface area contributed by atoms with Gasteiger partial charge < -0.3 is 5.73 Å². The predicted molar refractivity (Wildman–Crippen MR) is 109 cm³/mol. The van der Waals surface area contributed by atoms with Crippen LogP contribution >= 0.6 is 35.6 Å². The highest BCUT2D eigenvalue weighted by molar-refractivity contribution is 6.42. The van der Waals surface area contributed by atoms with Crippen molar-refractivity contribution in [2.75, 3.05) is 0 Å². The Morgan fingerprint density at radius 1 is 0.903 bits per heavy atom. The average Bonchev–Trinajstić information content (AvgIpc) is 2.63. The van der Waals surface area contributed by atoms with Gasteiger partial charge in [0.05, 0.1) is 21.2 Å². The molecule has 0 amide bonds. The molecule has 0 spiro atoms. The van der Waals surface area contributed by atoms with E-state index in [0.717, 1.165) is 0 Å². The van der Waals surface area contributed by atoms with Crippen LogP contribution in [0.4, 0.5) is 26.3 Å². The zero-order valence-corrected chi connectivity index (χ0v) is 17.9. The Morgan fingerprint density at radius 3 is 1.90 bits per heavy atom. The lowest BCUT2D eigenvalue weighted by Gasteiger charge is -2.16. The maximum Gasteiger partial charge on any atom is 0.416 e. The topological polar surface area (TPSA) is 43.1 Å². The molecule has 0 aliphatic heterocycles. The van der Waals surface area contributed by atoms with Crippen molar-refractivity contribution in [3.05, 3.63) is 74.3 Å².